The average Bonchev–Trinajstić information content (AvgIpc) is 3.24. The van der Waals surface area contributed by atoms with E-state index < -0.39 is 0 Å². The fourth-order valence-electron chi connectivity index (χ4n) is 2.67. The fourth-order valence-corrected chi connectivity index (χ4v) is 2.67. The fraction of sp³-hybridized carbons (Fsp3) is 0.571. The number of hydrogen-bond donors (Lipinski definition) is 1. The maximum atomic E-state index is 10.6. The summed E-state index contributed by atoms with van der Waals surface area (Å²) in [6, 6.07) is 8.31. The minimum absolute atomic E-state index is 0.161. The first kappa shape index (κ1) is 12.4. The number of hydrogen-bond acceptors (Lipinski definition) is 4. The van der Waals surface area contributed by atoms with E-state index in [9.17, 15) is 10.1 Å². The molecule has 0 bridgehead atoms. The molecule has 0 aromatic heterocycles. The number of nitro benzene ring substituents is 1. The Bertz CT molecular complexity index is 448. The molecule has 0 radical (unpaired) electrons. The number of rotatable bonds is 4. The molecule has 1 aromatic carbocycles. The van der Waals surface area contributed by atoms with Gasteiger partial charge in [0.1, 0.15) is 0 Å². The van der Waals surface area contributed by atoms with E-state index in [1.807, 2.05) is 12.1 Å². The van der Waals surface area contributed by atoms with Crippen LogP contribution in [0.25, 0.3) is 0 Å². The first-order valence-corrected chi connectivity index (χ1v) is 6.98. The molecule has 0 amide bonds. The van der Waals surface area contributed by atoms with Gasteiger partial charge in [0.25, 0.3) is 5.69 Å². The van der Waals surface area contributed by atoms with Crippen molar-refractivity contribution >= 4 is 11.4 Å². The molecule has 2 aliphatic rings. The van der Waals surface area contributed by atoms with E-state index in [4.69, 9.17) is 0 Å². The molecule has 19 heavy (non-hydrogen) atoms. The molecule has 1 heterocycles. The summed E-state index contributed by atoms with van der Waals surface area (Å²) >= 11 is 0. The third-order valence-corrected chi connectivity index (χ3v) is 3.97. The Labute approximate surface area is 112 Å². The highest BCUT2D eigenvalue weighted by Gasteiger charge is 2.27. The van der Waals surface area contributed by atoms with Gasteiger partial charge in [-0.2, -0.15) is 0 Å². The van der Waals surface area contributed by atoms with Gasteiger partial charge in [-0.25, -0.2) is 0 Å². The SMILES string of the molecule is O=[N+]([O-])c1ccc(N2CCC(NC3CC3)CC2)cc1. The van der Waals surface area contributed by atoms with Crippen LogP contribution in [0.15, 0.2) is 24.3 Å². The van der Waals surface area contributed by atoms with E-state index in [2.05, 4.69) is 10.2 Å². The minimum atomic E-state index is -0.352. The second-order valence-electron chi connectivity index (χ2n) is 5.48. The molecule has 5 heteroatoms. The Morgan fingerprint density at radius 3 is 2.16 bits per heavy atom. The summed E-state index contributed by atoms with van der Waals surface area (Å²) in [5, 5.41) is 14.3. The van der Waals surface area contributed by atoms with Crippen LogP contribution in [-0.2, 0) is 0 Å². The van der Waals surface area contributed by atoms with E-state index in [1.165, 1.54) is 12.8 Å². The molecule has 2 fully saturated rings. The third-order valence-electron chi connectivity index (χ3n) is 3.97. The molecule has 1 aliphatic heterocycles. The van der Waals surface area contributed by atoms with Crippen LogP contribution in [0.2, 0.25) is 0 Å². The number of nitrogens with one attached hydrogen (secondary N) is 1. The predicted octanol–water partition coefficient (Wildman–Crippen LogP) is 2.32. The zero-order chi connectivity index (χ0) is 13.2. The molecule has 1 aromatic rings. The van der Waals surface area contributed by atoms with Crippen LogP contribution in [0.3, 0.4) is 0 Å². The Hall–Kier alpha value is -1.62. The lowest BCUT2D eigenvalue weighted by Gasteiger charge is -2.34. The highest BCUT2D eigenvalue weighted by atomic mass is 16.6. The van der Waals surface area contributed by atoms with Gasteiger partial charge in [0.15, 0.2) is 0 Å². The van der Waals surface area contributed by atoms with Gasteiger partial charge in [0.2, 0.25) is 0 Å². The lowest BCUT2D eigenvalue weighted by atomic mass is 10.0. The van der Waals surface area contributed by atoms with Gasteiger partial charge in [-0.15, -0.1) is 0 Å². The Morgan fingerprint density at radius 1 is 1.05 bits per heavy atom. The largest absolute Gasteiger partial charge is 0.371 e. The van der Waals surface area contributed by atoms with Crippen LogP contribution in [0, 0.1) is 10.1 Å². The van der Waals surface area contributed by atoms with E-state index in [0.717, 1.165) is 37.7 Å². The summed E-state index contributed by atoms with van der Waals surface area (Å²) < 4.78 is 0. The van der Waals surface area contributed by atoms with Crippen LogP contribution >= 0.6 is 0 Å². The monoisotopic (exact) mass is 261 g/mol. The maximum absolute atomic E-state index is 10.6. The Kier molecular flexibility index (Phi) is 3.38. The molecule has 1 saturated carbocycles. The van der Waals surface area contributed by atoms with Crippen molar-refractivity contribution in [3.05, 3.63) is 34.4 Å². The molecular formula is C14H19N3O2. The van der Waals surface area contributed by atoms with Crippen LogP contribution in [0.4, 0.5) is 11.4 Å². The summed E-state index contributed by atoms with van der Waals surface area (Å²) in [7, 11) is 0. The van der Waals surface area contributed by atoms with Gasteiger partial charge in [-0.1, -0.05) is 0 Å². The molecule has 0 unspecified atom stereocenters. The van der Waals surface area contributed by atoms with E-state index in [0.29, 0.717) is 6.04 Å². The molecule has 1 aliphatic carbocycles. The number of nitro groups is 1. The zero-order valence-corrected chi connectivity index (χ0v) is 10.9. The standard InChI is InChI=1S/C14H19N3O2/c18-17(19)14-5-3-13(4-6-14)16-9-7-12(8-10-16)15-11-1-2-11/h3-6,11-12,15H,1-2,7-10H2. The topological polar surface area (TPSA) is 58.4 Å². The second kappa shape index (κ2) is 5.17. The second-order valence-corrected chi connectivity index (χ2v) is 5.48. The molecular weight excluding hydrogens is 242 g/mol. The van der Waals surface area contributed by atoms with Crippen molar-refractivity contribution in [1.82, 2.24) is 5.32 Å². The van der Waals surface area contributed by atoms with Gasteiger partial charge < -0.3 is 10.2 Å². The lowest BCUT2D eigenvalue weighted by molar-refractivity contribution is -0.384. The number of benzene rings is 1. The van der Waals surface area contributed by atoms with E-state index >= 15 is 0 Å². The normalized spacial score (nSPS) is 20.5. The van der Waals surface area contributed by atoms with Crippen LogP contribution < -0.4 is 10.2 Å². The van der Waals surface area contributed by atoms with Crippen LogP contribution in [0.1, 0.15) is 25.7 Å². The summed E-state index contributed by atoms with van der Waals surface area (Å²) in [4.78, 5) is 12.6. The summed E-state index contributed by atoms with van der Waals surface area (Å²) in [6.07, 6.45) is 4.99. The molecule has 3 rings (SSSR count). The van der Waals surface area contributed by atoms with Crippen LogP contribution in [-0.4, -0.2) is 30.1 Å². The Balaban J connectivity index is 1.56. The maximum Gasteiger partial charge on any atom is 0.269 e. The highest BCUT2D eigenvalue weighted by Crippen LogP contribution is 2.25. The highest BCUT2D eigenvalue weighted by molar-refractivity contribution is 5.51. The predicted molar refractivity (Wildman–Crippen MR) is 74.5 cm³/mol. The van der Waals surface area contributed by atoms with Gasteiger partial charge in [-0.3, -0.25) is 10.1 Å². The molecule has 1 N–H and O–H groups in total. The summed E-state index contributed by atoms with van der Waals surface area (Å²) in [5.41, 5.74) is 1.25. The van der Waals surface area contributed by atoms with Crippen molar-refractivity contribution in [2.45, 2.75) is 37.8 Å². The molecule has 1 saturated heterocycles. The van der Waals surface area contributed by atoms with Gasteiger partial charge in [0, 0.05) is 43.0 Å². The third kappa shape index (κ3) is 3.04. The van der Waals surface area contributed by atoms with Crippen LogP contribution in [0.5, 0.6) is 0 Å². The van der Waals surface area contributed by atoms with E-state index in [1.54, 1.807) is 12.1 Å². The number of anilines is 1. The van der Waals surface area contributed by atoms with Crippen molar-refractivity contribution in [1.29, 1.82) is 0 Å². The number of piperidine rings is 1. The first-order valence-electron chi connectivity index (χ1n) is 6.98. The lowest BCUT2D eigenvalue weighted by Crippen LogP contribution is -2.43. The number of nitrogens with zero attached hydrogens (tertiary/aromatic N) is 2. The van der Waals surface area contributed by atoms with Crippen molar-refractivity contribution in [2.24, 2.45) is 0 Å². The quantitative estimate of drug-likeness (QED) is 0.667. The van der Waals surface area contributed by atoms with Gasteiger partial charge in [-0.05, 0) is 37.8 Å². The zero-order valence-electron chi connectivity index (χ0n) is 10.9. The molecule has 0 spiro atoms. The minimum Gasteiger partial charge on any atom is -0.371 e. The Morgan fingerprint density at radius 2 is 1.63 bits per heavy atom. The molecule has 0 atom stereocenters. The van der Waals surface area contributed by atoms with Gasteiger partial charge in [0.05, 0.1) is 4.92 Å². The van der Waals surface area contributed by atoms with Crippen molar-refractivity contribution in [3.8, 4) is 0 Å². The summed E-state index contributed by atoms with van der Waals surface area (Å²) in [5.74, 6) is 0. The number of non-ortho nitro benzene ring substituents is 1. The van der Waals surface area contributed by atoms with Crippen molar-refractivity contribution in [2.75, 3.05) is 18.0 Å². The van der Waals surface area contributed by atoms with Crippen molar-refractivity contribution in [3.63, 3.8) is 0 Å². The molecule has 102 valence electrons. The first-order chi connectivity index (χ1) is 9.22. The smallest absolute Gasteiger partial charge is 0.269 e. The van der Waals surface area contributed by atoms with Gasteiger partial charge >= 0.3 is 0 Å². The van der Waals surface area contributed by atoms with Crippen molar-refractivity contribution < 1.29 is 4.92 Å². The summed E-state index contributed by atoms with van der Waals surface area (Å²) in [6.45, 7) is 2.06. The van der Waals surface area contributed by atoms with E-state index in [-0.39, 0.29) is 10.6 Å². The molecule has 5 nitrogen and oxygen atoms in total. The average molecular weight is 261 g/mol.